The largest absolute Gasteiger partial charge is 0.507 e. The van der Waals surface area contributed by atoms with Gasteiger partial charge in [-0.05, 0) is 50.2 Å². The molecule has 4 aromatic rings. The lowest BCUT2D eigenvalue weighted by atomic mass is 10.2. The van der Waals surface area contributed by atoms with E-state index in [9.17, 15) is 5.11 Å². The van der Waals surface area contributed by atoms with E-state index in [1.807, 2.05) is 50.2 Å². The summed E-state index contributed by atoms with van der Waals surface area (Å²) in [6.45, 7) is 3.82. The summed E-state index contributed by atoms with van der Waals surface area (Å²) >= 11 is 0. The van der Waals surface area contributed by atoms with Crippen LogP contribution in [-0.2, 0) is 0 Å². The van der Waals surface area contributed by atoms with E-state index in [1.54, 1.807) is 23.9 Å². The van der Waals surface area contributed by atoms with Gasteiger partial charge in [-0.1, -0.05) is 18.2 Å². The number of hydrogen-bond acceptors (Lipinski definition) is 9. The number of aromatic hydroxyl groups is 1. The molecule has 0 aliphatic carbocycles. The van der Waals surface area contributed by atoms with Crippen LogP contribution in [0.3, 0.4) is 0 Å². The monoisotopic (exact) mass is 430 g/mol. The van der Waals surface area contributed by atoms with Crippen molar-refractivity contribution in [1.29, 1.82) is 0 Å². The molecule has 0 aliphatic rings. The van der Waals surface area contributed by atoms with Gasteiger partial charge in [-0.3, -0.25) is 0 Å². The third-order valence-electron chi connectivity index (χ3n) is 4.46. The molecule has 10 heteroatoms. The number of rotatable bonds is 7. The van der Waals surface area contributed by atoms with Crippen molar-refractivity contribution in [2.75, 3.05) is 17.9 Å². The van der Waals surface area contributed by atoms with Crippen LogP contribution in [0, 0.1) is 13.8 Å². The minimum atomic E-state index is 0.0711. The molecule has 0 saturated carbocycles. The maximum atomic E-state index is 10.0. The van der Waals surface area contributed by atoms with Crippen LogP contribution in [0.25, 0.3) is 5.95 Å². The number of ether oxygens (including phenoxy) is 1. The van der Waals surface area contributed by atoms with Crippen LogP contribution in [0.1, 0.15) is 17.0 Å². The lowest BCUT2D eigenvalue weighted by Gasteiger charge is -2.09. The van der Waals surface area contributed by atoms with E-state index in [4.69, 9.17) is 4.74 Å². The van der Waals surface area contributed by atoms with Crippen LogP contribution in [-0.4, -0.2) is 43.2 Å². The first-order chi connectivity index (χ1) is 15.5. The van der Waals surface area contributed by atoms with Crippen molar-refractivity contribution in [1.82, 2.24) is 24.7 Å². The van der Waals surface area contributed by atoms with Crippen LogP contribution in [0.5, 0.6) is 11.5 Å². The minimum Gasteiger partial charge on any atom is -0.507 e. The molecule has 3 N–H and O–H groups in total. The molecule has 0 unspecified atom stereocenters. The Bertz CT molecular complexity index is 1250. The first-order valence-electron chi connectivity index (χ1n) is 9.79. The van der Waals surface area contributed by atoms with Crippen molar-refractivity contribution in [3.8, 4) is 17.4 Å². The maximum Gasteiger partial charge on any atom is 0.257 e. The number of benzene rings is 2. The van der Waals surface area contributed by atoms with Crippen molar-refractivity contribution in [3.05, 3.63) is 71.5 Å². The smallest absolute Gasteiger partial charge is 0.257 e. The highest BCUT2D eigenvalue weighted by Gasteiger charge is 2.12. The van der Waals surface area contributed by atoms with E-state index >= 15 is 0 Å². The van der Waals surface area contributed by atoms with E-state index in [1.165, 1.54) is 12.3 Å². The average molecular weight is 430 g/mol. The van der Waals surface area contributed by atoms with Gasteiger partial charge in [-0.15, -0.1) is 0 Å². The highest BCUT2D eigenvalue weighted by Crippen LogP contribution is 2.21. The third-order valence-corrected chi connectivity index (χ3v) is 4.46. The number of nitrogens with one attached hydrogen (secondary N) is 2. The standard InChI is InChI=1S/C22H22N8O2/c1-14-11-15(2)30(29-14)22-26-20(24-17-7-5-4-6-8-17)25-21(27-22)28-23-13-16-12-18(32-3)9-10-19(16)31/h4-13,31H,1-3H3,(H2,24,25,26,27,28)/b23-13-. The number of aromatic nitrogens is 5. The number of hydrogen-bond donors (Lipinski definition) is 3. The van der Waals surface area contributed by atoms with Crippen molar-refractivity contribution < 1.29 is 9.84 Å². The highest BCUT2D eigenvalue weighted by molar-refractivity contribution is 5.84. The SMILES string of the molecule is COc1ccc(O)c(/C=N\Nc2nc(Nc3ccccc3)nc(-n3nc(C)cc3C)n2)c1. The second-order valence-electron chi connectivity index (χ2n) is 6.91. The average Bonchev–Trinajstić information content (AvgIpc) is 3.13. The van der Waals surface area contributed by atoms with Crippen LogP contribution in [0.15, 0.2) is 59.7 Å². The molecule has 0 aliphatic heterocycles. The third kappa shape index (κ3) is 4.81. The predicted octanol–water partition coefficient (Wildman–Crippen LogP) is 3.58. The summed E-state index contributed by atoms with van der Waals surface area (Å²) in [6, 6.07) is 16.4. The van der Waals surface area contributed by atoms with E-state index in [0.29, 0.717) is 23.2 Å². The molecule has 2 heterocycles. The lowest BCUT2D eigenvalue weighted by Crippen LogP contribution is -2.11. The molecule has 32 heavy (non-hydrogen) atoms. The molecule has 0 fully saturated rings. The summed E-state index contributed by atoms with van der Waals surface area (Å²) in [4.78, 5) is 13.3. The van der Waals surface area contributed by atoms with E-state index in [2.05, 4.69) is 35.9 Å². The molecule has 162 valence electrons. The second kappa shape index (κ2) is 9.13. The number of nitrogens with zero attached hydrogens (tertiary/aromatic N) is 6. The van der Waals surface area contributed by atoms with Crippen LogP contribution in [0.2, 0.25) is 0 Å². The molecular formula is C22H22N8O2. The Morgan fingerprint density at radius 3 is 2.50 bits per heavy atom. The molecular weight excluding hydrogens is 408 g/mol. The number of phenols is 1. The van der Waals surface area contributed by atoms with E-state index in [0.717, 1.165) is 17.1 Å². The summed E-state index contributed by atoms with van der Waals surface area (Å²) in [5.41, 5.74) is 5.83. The molecule has 2 aromatic carbocycles. The molecule has 0 radical (unpaired) electrons. The highest BCUT2D eigenvalue weighted by atomic mass is 16.5. The summed E-state index contributed by atoms with van der Waals surface area (Å²) in [5, 5.41) is 21.8. The Hall–Kier alpha value is -4.47. The second-order valence-corrected chi connectivity index (χ2v) is 6.91. The Morgan fingerprint density at radius 2 is 1.78 bits per heavy atom. The quantitative estimate of drug-likeness (QED) is 0.300. The van der Waals surface area contributed by atoms with Gasteiger partial charge < -0.3 is 15.2 Å². The van der Waals surface area contributed by atoms with Gasteiger partial charge in [-0.25, -0.2) is 10.1 Å². The molecule has 0 bridgehead atoms. The fourth-order valence-electron chi connectivity index (χ4n) is 2.97. The Morgan fingerprint density at radius 1 is 1.00 bits per heavy atom. The summed E-state index contributed by atoms with van der Waals surface area (Å²) < 4.78 is 6.82. The number of methoxy groups -OCH3 is 1. The Labute approximate surface area is 184 Å². The first-order valence-corrected chi connectivity index (χ1v) is 9.79. The van der Waals surface area contributed by atoms with Gasteiger partial charge in [0.25, 0.3) is 5.95 Å². The fourth-order valence-corrected chi connectivity index (χ4v) is 2.97. The van der Waals surface area contributed by atoms with Gasteiger partial charge in [0.15, 0.2) is 0 Å². The maximum absolute atomic E-state index is 10.0. The van der Waals surface area contributed by atoms with Crippen LogP contribution >= 0.6 is 0 Å². The van der Waals surface area contributed by atoms with Crippen LogP contribution in [0.4, 0.5) is 17.6 Å². The molecule has 10 nitrogen and oxygen atoms in total. The Kier molecular flexibility index (Phi) is 5.93. The normalized spacial score (nSPS) is 11.0. The Balaban J connectivity index is 1.65. The van der Waals surface area contributed by atoms with Gasteiger partial charge >= 0.3 is 0 Å². The molecule has 0 atom stereocenters. The van der Waals surface area contributed by atoms with Crippen LogP contribution < -0.4 is 15.5 Å². The van der Waals surface area contributed by atoms with Crippen molar-refractivity contribution >= 4 is 23.8 Å². The number of hydrazone groups is 1. The zero-order valence-electron chi connectivity index (χ0n) is 17.8. The van der Waals surface area contributed by atoms with Gasteiger partial charge in [0.05, 0.1) is 19.0 Å². The first kappa shape index (κ1) is 20.8. The van der Waals surface area contributed by atoms with Gasteiger partial charge in [0.2, 0.25) is 11.9 Å². The fraction of sp³-hybridized carbons (Fsp3) is 0.136. The molecule has 4 rings (SSSR count). The number of aryl methyl sites for hydroxylation is 2. The topological polar surface area (TPSA) is 122 Å². The summed E-state index contributed by atoms with van der Waals surface area (Å²) in [5.74, 6) is 1.55. The molecule has 0 spiro atoms. The van der Waals surface area contributed by atoms with Gasteiger partial charge in [0.1, 0.15) is 11.5 Å². The molecule has 0 saturated heterocycles. The minimum absolute atomic E-state index is 0.0711. The zero-order chi connectivity index (χ0) is 22.5. The summed E-state index contributed by atoms with van der Waals surface area (Å²) in [6.07, 6.45) is 1.45. The van der Waals surface area contributed by atoms with Crippen molar-refractivity contribution in [3.63, 3.8) is 0 Å². The van der Waals surface area contributed by atoms with E-state index < -0.39 is 0 Å². The van der Waals surface area contributed by atoms with Crippen molar-refractivity contribution in [2.24, 2.45) is 5.10 Å². The van der Waals surface area contributed by atoms with E-state index in [-0.39, 0.29) is 11.7 Å². The van der Waals surface area contributed by atoms with Gasteiger partial charge in [0, 0.05) is 16.9 Å². The zero-order valence-corrected chi connectivity index (χ0v) is 17.8. The number of anilines is 3. The lowest BCUT2D eigenvalue weighted by molar-refractivity contribution is 0.412. The van der Waals surface area contributed by atoms with Crippen molar-refractivity contribution in [2.45, 2.75) is 13.8 Å². The predicted molar refractivity (Wildman–Crippen MR) is 122 cm³/mol. The molecule has 2 aromatic heterocycles. The number of phenolic OH excluding ortho intramolecular Hbond substituents is 1. The van der Waals surface area contributed by atoms with Gasteiger partial charge in [-0.2, -0.15) is 25.2 Å². The summed E-state index contributed by atoms with van der Waals surface area (Å²) in [7, 11) is 1.55. The number of para-hydroxylation sites is 1. The molecule has 0 amide bonds.